The van der Waals surface area contributed by atoms with Crippen LogP contribution in [0.3, 0.4) is 0 Å². The number of thiophene rings is 1. The summed E-state index contributed by atoms with van der Waals surface area (Å²) >= 11 is 1.50. The first-order valence-corrected chi connectivity index (χ1v) is 8.83. The second kappa shape index (κ2) is 8.13. The average Bonchev–Trinajstić information content (AvgIpc) is 3.14. The largest absolute Gasteiger partial charge is 0.491 e. The molecule has 1 fully saturated rings. The van der Waals surface area contributed by atoms with Gasteiger partial charge in [-0.1, -0.05) is 24.3 Å². The van der Waals surface area contributed by atoms with Gasteiger partial charge in [-0.3, -0.25) is 4.79 Å². The second-order valence-electron chi connectivity index (χ2n) is 5.50. The van der Waals surface area contributed by atoms with Crippen LogP contribution in [0.4, 0.5) is 0 Å². The maximum atomic E-state index is 12.3. The van der Waals surface area contributed by atoms with Gasteiger partial charge in [-0.2, -0.15) is 0 Å². The molecule has 0 spiro atoms. The lowest BCUT2D eigenvalue weighted by Crippen LogP contribution is -2.40. The number of ether oxygens (including phenoxy) is 2. The van der Waals surface area contributed by atoms with E-state index in [9.17, 15) is 4.79 Å². The van der Waals surface area contributed by atoms with Gasteiger partial charge in [0, 0.05) is 13.1 Å². The highest BCUT2D eigenvalue weighted by atomic mass is 32.1. The standard InChI is InChI=1S/C18H21NO3S/c20-18(17-7-4-14-23-17)19-10-8-16(9-11-19)22-13-12-21-15-5-2-1-3-6-15/h1-7,14,16H,8-13H2. The van der Waals surface area contributed by atoms with Crippen molar-refractivity contribution in [2.45, 2.75) is 18.9 Å². The molecule has 122 valence electrons. The first kappa shape index (κ1) is 16.0. The van der Waals surface area contributed by atoms with Crippen LogP contribution in [0.25, 0.3) is 0 Å². The summed E-state index contributed by atoms with van der Waals surface area (Å²) in [6.45, 7) is 2.67. The first-order valence-electron chi connectivity index (χ1n) is 7.95. The van der Waals surface area contributed by atoms with E-state index in [2.05, 4.69) is 0 Å². The smallest absolute Gasteiger partial charge is 0.263 e. The minimum absolute atomic E-state index is 0.144. The minimum atomic E-state index is 0.144. The topological polar surface area (TPSA) is 38.8 Å². The molecule has 2 heterocycles. The monoisotopic (exact) mass is 331 g/mol. The van der Waals surface area contributed by atoms with Crippen LogP contribution in [0.2, 0.25) is 0 Å². The number of benzene rings is 1. The van der Waals surface area contributed by atoms with Crippen molar-refractivity contribution in [1.82, 2.24) is 4.90 Å². The van der Waals surface area contributed by atoms with E-state index in [1.54, 1.807) is 0 Å². The molecular formula is C18H21NO3S. The molecular weight excluding hydrogens is 310 g/mol. The van der Waals surface area contributed by atoms with Crippen molar-refractivity contribution >= 4 is 17.2 Å². The van der Waals surface area contributed by atoms with E-state index in [-0.39, 0.29) is 12.0 Å². The van der Waals surface area contributed by atoms with Gasteiger partial charge in [0.05, 0.1) is 17.6 Å². The summed E-state index contributed by atoms with van der Waals surface area (Å²) in [6.07, 6.45) is 2.01. The van der Waals surface area contributed by atoms with Gasteiger partial charge in [0.1, 0.15) is 12.4 Å². The maximum absolute atomic E-state index is 12.3. The van der Waals surface area contributed by atoms with Crippen LogP contribution in [0, 0.1) is 0 Å². The van der Waals surface area contributed by atoms with Crippen molar-refractivity contribution < 1.29 is 14.3 Å². The van der Waals surface area contributed by atoms with E-state index in [0.29, 0.717) is 13.2 Å². The Labute approximate surface area is 140 Å². The third-order valence-corrected chi connectivity index (χ3v) is 4.77. The molecule has 1 aromatic carbocycles. The number of likely N-dealkylation sites (tertiary alicyclic amines) is 1. The number of hydrogen-bond acceptors (Lipinski definition) is 4. The Morgan fingerprint density at radius 2 is 1.87 bits per heavy atom. The lowest BCUT2D eigenvalue weighted by atomic mass is 10.1. The molecule has 0 N–H and O–H groups in total. The summed E-state index contributed by atoms with van der Waals surface area (Å²) in [7, 11) is 0. The second-order valence-corrected chi connectivity index (χ2v) is 6.45. The van der Waals surface area contributed by atoms with Crippen LogP contribution >= 0.6 is 11.3 Å². The highest BCUT2D eigenvalue weighted by Crippen LogP contribution is 2.18. The van der Waals surface area contributed by atoms with Crippen LogP contribution in [-0.4, -0.2) is 43.2 Å². The fraction of sp³-hybridized carbons (Fsp3) is 0.389. The zero-order valence-electron chi connectivity index (χ0n) is 13.0. The van der Waals surface area contributed by atoms with Crippen molar-refractivity contribution in [3.05, 3.63) is 52.7 Å². The maximum Gasteiger partial charge on any atom is 0.263 e. The normalized spacial score (nSPS) is 15.6. The van der Waals surface area contributed by atoms with Gasteiger partial charge in [-0.05, 0) is 36.4 Å². The minimum Gasteiger partial charge on any atom is -0.491 e. The van der Waals surface area contributed by atoms with Crippen molar-refractivity contribution in [2.75, 3.05) is 26.3 Å². The van der Waals surface area contributed by atoms with Crippen LogP contribution in [-0.2, 0) is 4.74 Å². The van der Waals surface area contributed by atoms with E-state index < -0.39 is 0 Å². The van der Waals surface area contributed by atoms with Gasteiger partial charge >= 0.3 is 0 Å². The lowest BCUT2D eigenvalue weighted by Gasteiger charge is -2.31. The molecule has 1 amide bonds. The summed E-state index contributed by atoms with van der Waals surface area (Å²) < 4.78 is 11.5. The summed E-state index contributed by atoms with van der Waals surface area (Å²) in [5, 5.41) is 1.94. The van der Waals surface area contributed by atoms with E-state index in [1.165, 1.54) is 11.3 Å². The van der Waals surface area contributed by atoms with Crippen LogP contribution < -0.4 is 4.74 Å². The Bertz CT molecular complexity index is 592. The summed E-state index contributed by atoms with van der Waals surface area (Å²) in [6, 6.07) is 13.6. The van der Waals surface area contributed by atoms with Crippen molar-refractivity contribution in [2.24, 2.45) is 0 Å². The van der Waals surface area contributed by atoms with Crippen molar-refractivity contribution in [3.63, 3.8) is 0 Å². The Balaban J connectivity index is 1.34. The highest BCUT2D eigenvalue weighted by Gasteiger charge is 2.24. The Morgan fingerprint density at radius 1 is 1.09 bits per heavy atom. The summed E-state index contributed by atoms with van der Waals surface area (Å²) in [4.78, 5) is 15.0. The van der Waals surface area contributed by atoms with Crippen LogP contribution in [0.15, 0.2) is 47.8 Å². The zero-order valence-corrected chi connectivity index (χ0v) is 13.8. The number of amides is 1. The first-order chi connectivity index (χ1) is 11.3. The van der Waals surface area contributed by atoms with E-state index in [4.69, 9.17) is 9.47 Å². The Morgan fingerprint density at radius 3 is 2.57 bits per heavy atom. The van der Waals surface area contributed by atoms with Crippen LogP contribution in [0.1, 0.15) is 22.5 Å². The lowest BCUT2D eigenvalue weighted by molar-refractivity contribution is -0.00228. The third-order valence-electron chi connectivity index (χ3n) is 3.91. The number of carbonyl (C=O) groups excluding carboxylic acids is 1. The molecule has 2 aromatic rings. The summed E-state index contributed by atoms with van der Waals surface area (Å²) in [5.74, 6) is 1.01. The fourth-order valence-corrected chi connectivity index (χ4v) is 3.36. The molecule has 0 atom stereocenters. The molecule has 5 heteroatoms. The Kier molecular flexibility index (Phi) is 5.66. The van der Waals surface area contributed by atoms with Gasteiger partial charge in [0.25, 0.3) is 5.91 Å². The molecule has 0 unspecified atom stereocenters. The van der Waals surface area contributed by atoms with Crippen molar-refractivity contribution in [1.29, 1.82) is 0 Å². The molecule has 0 radical (unpaired) electrons. The molecule has 0 aliphatic carbocycles. The predicted molar refractivity (Wildman–Crippen MR) is 91.1 cm³/mol. The molecule has 3 rings (SSSR count). The van der Waals surface area contributed by atoms with E-state index in [1.807, 2.05) is 52.7 Å². The van der Waals surface area contributed by atoms with Gasteiger partial charge in [0.15, 0.2) is 0 Å². The predicted octanol–water partition coefficient (Wildman–Crippen LogP) is 3.45. The van der Waals surface area contributed by atoms with Crippen molar-refractivity contribution in [3.8, 4) is 5.75 Å². The molecule has 4 nitrogen and oxygen atoms in total. The molecule has 1 saturated heterocycles. The number of para-hydroxylation sites is 1. The van der Waals surface area contributed by atoms with Crippen LogP contribution in [0.5, 0.6) is 5.75 Å². The number of rotatable bonds is 6. The fourth-order valence-electron chi connectivity index (χ4n) is 2.67. The van der Waals surface area contributed by atoms with E-state index in [0.717, 1.165) is 36.6 Å². The molecule has 1 aliphatic rings. The summed E-state index contributed by atoms with van der Waals surface area (Å²) in [5.41, 5.74) is 0. The van der Waals surface area contributed by atoms with Gasteiger partial charge in [-0.25, -0.2) is 0 Å². The van der Waals surface area contributed by atoms with Gasteiger partial charge in [-0.15, -0.1) is 11.3 Å². The van der Waals surface area contributed by atoms with Gasteiger partial charge < -0.3 is 14.4 Å². The molecule has 0 saturated carbocycles. The Hall–Kier alpha value is -1.85. The average molecular weight is 331 g/mol. The number of hydrogen-bond donors (Lipinski definition) is 0. The molecule has 1 aliphatic heterocycles. The number of nitrogens with zero attached hydrogens (tertiary/aromatic N) is 1. The third kappa shape index (κ3) is 4.56. The highest BCUT2D eigenvalue weighted by molar-refractivity contribution is 7.12. The van der Waals surface area contributed by atoms with Gasteiger partial charge in [0.2, 0.25) is 0 Å². The SMILES string of the molecule is O=C(c1cccs1)N1CCC(OCCOc2ccccc2)CC1. The molecule has 1 aromatic heterocycles. The zero-order chi connectivity index (χ0) is 15.9. The van der Waals surface area contributed by atoms with E-state index >= 15 is 0 Å². The quantitative estimate of drug-likeness (QED) is 0.761. The molecule has 0 bridgehead atoms. The number of piperidine rings is 1. The molecule has 23 heavy (non-hydrogen) atoms. The number of carbonyl (C=O) groups is 1.